The Kier molecular flexibility index (Phi) is 7.47. The van der Waals surface area contributed by atoms with Crippen molar-refractivity contribution in [3.05, 3.63) is 95.1 Å². The van der Waals surface area contributed by atoms with Crippen molar-refractivity contribution >= 4 is 23.3 Å². The van der Waals surface area contributed by atoms with Crippen molar-refractivity contribution in [3.8, 4) is 0 Å². The Morgan fingerprint density at radius 1 is 0.972 bits per heavy atom. The summed E-state index contributed by atoms with van der Waals surface area (Å²) in [6.07, 6.45) is -4.39. The first kappa shape index (κ1) is 25.1. The van der Waals surface area contributed by atoms with E-state index in [9.17, 15) is 23.1 Å². The molecular weight excluding hydrogens is 469 g/mol. The van der Waals surface area contributed by atoms with Gasteiger partial charge in [-0.15, -0.1) is 0 Å². The molecule has 0 amide bonds. The standard InChI is InChI=1S/C27H27F3N4O2/c1-19-8-10-20(11-9-19)18-31-26(32-23-6-2-4-21(16-23)25(35)36)34-14-12-33(13-15-34)24-7-3-5-22(17-24)27(28,29)30/h2-11,16-17H,12-15,18H2,1H3,(H,31,32)(H,35,36). The summed E-state index contributed by atoms with van der Waals surface area (Å²) in [5.74, 6) is -0.437. The summed E-state index contributed by atoms with van der Waals surface area (Å²) in [6.45, 7) is 4.54. The number of carbonyl (C=O) groups is 1. The molecule has 9 heteroatoms. The number of anilines is 2. The average Bonchev–Trinajstić information content (AvgIpc) is 2.87. The van der Waals surface area contributed by atoms with Crippen molar-refractivity contribution < 1.29 is 23.1 Å². The number of alkyl halides is 3. The summed E-state index contributed by atoms with van der Waals surface area (Å²) in [5, 5.41) is 12.6. The van der Waals surface area contributed by atoms with Crippen molar-refractivity contribution in [1.29, 1.82) is 0 Å². The number of nitrogens with one attached hydrogen (secondary N) is 1. The maximum Gasteiger partial charge on any atom is 0.416 e. The molecule has 2 N–H and O–H groups in total. The molecule has 1 heterocycles. The van der Waals surface area contributed by atoms with Crippen LogP contribution in [-0.4, -0.2) is 48.1 Å². The predicted octanol–water partition coefficient (Wildman–Crippen LogP) is 5.50. The van der Waals surface area contributed by atoms with Crippen LogP contribution in [0.15, 0.2) is 77.8 Å². The normalized spacial score (nSPS) is 14.6. The number of guanidine groups is 1. The number of benzene rings is 3. The fraction of sp³-hybridized carbons (Fsp3) is 0.259. The molecule has 0 bridgehead atoms. The number of hydrogen-bond donors (Lipinski definition) is 2. The van der Waals surface area contributed by atoms with Gasteiger partial charge in [0.05, 0.1) is 17.7 Å². The average molecular weight is 497 g/mol. The summed E-state index contributed by atoms with van der Waals surface area (Å²) in [4.78, 5) is 20.1. The summed E-state index contributed by atoms with van der Waals surface area (Å²) in [5.41, 5.74) is 2.80. The second kappa shape index (κ2) is 10.7. The summed E-state index contributed by atoms with van der Waals surface area (Å²) in [7, 11) is 0. The van der Waals surface area contributed by atoms with E-state index in [1.54, 1.807) is 24.3 Å². The molecule has 0 saturated carbocycles. The second-order valence-electron chi connectivity index (χ2n) is 8.66. The van der Waals surface area contributed by atoms with E-state index in [1.165, 1.54) is 18.2 Å². The van der Waals surface area contributed by atoms with Gasteiger partial charge in [0.2, 0.25) is 0 Å². The highest BCUT2D eigenvalue weighted by Gasteiger charge is 2.31. The van der Waals surface area contributed by atoms with E-state index in [-0.39, 0.29) is 5.56 Å². The maximum atomic E-state index is 13.1. The van der Waals surface area contributed by atoms with Crippen LogP contribution in [0.2, 0.25) is 0 Å². The van der Waals surface area contributed by atoms with E-state index in [2.05, 4.69) is 5.32 Å². The molecule has 6 nitrogen and oxygen atoms in total. The van der Waals surface area contributed by atoms with Crippen LogP contribution in [0.5, 0.6) is 0 Å². The molecule has 0 aliphatic carbocycles. The van der Waals surface area contributed by atoms with Gasteiger partial charge in [-0.1, -0.05) is 42.0 Å². The topological polar surface area (TPSA) is 68.2 Å². The molecule has 0 unspecified atom stereocenters. The minimum atomic E-state index is -4.39. The Balaban J connectivity index is 1.52. The SMILES string of the molecule is Cc1ccc(CN=C(Nc2cccc(C(=O)O)c2)N2CCN(c3cccc(C(F)(F)F)c3)CC2)cc1. The quantitative estimate of drug-likeness (QED) is 0.361. The van der Waals surface area contributed by atoms with Crippen molar-refractivity contribution in [2.24, 2.45) is 4.99 Å². The number of halogens is 3. The van der Waals surface area contributed by atoms with Gasteiger partial charge >= 0.3 is 12.1 Å². The van der Waals surface area contributed by atoms with Crippen LogP contribution in [0.4, 0.5) is 24.5 Å². The lowest BCUT2D eigenvalue weighted by Gasteiger charge is -2.38. The van der Waals surface area contributed by atoms with E-state index < -0.39 is 17.7 Å². The second-order valence-corrected chi connectivity index (χ2v) is 8.66. The summed E-state index contributed by atoms with van der Waals surface area (Å²) >= 11 is 0. The lowest BCUT2D eigenvalue weighted by molar-refractivity contribution is -0.137. The Morgan fingerprint density at radius 3 is 2.33 bits per heavy atom. The van der Waals surface area contributed by atoms with E-state index in [0.29, 0.717) is 50.1 Å². The van der Waals surface area contributed by atoms with Crippen LogP contribution in [0.25, 0.3) is 0 Å². The van der Waals surface area contributed by atoms with Crippen LogP contribution in [0.3, 0.4) is 0 Å². The molecule has 0 atom stereocenters. The number of carboxylic acids is 1. The fourth-order valence-corrected chi connectivity index (χ4v) is 3.99. The van der Waals surface area contributed by atoms with E-state index in [1.807, 2.05) is 41.0 Å². The first-order chi connectivity index (χ1) is 17.2. The van der Waals surface area contributed by atoms with Crippen LogP contribution < -0.4 is 10.2 Å². The minimum absolute atomic E-state index is 0.159. The zero-order valence-electron chi connectivity index (χ0n) is 19.8. The zero-order valence-corrected chi connectivity index (χ0v) is 19.8. The highest BCUT2D eigenvalue weighted by Crippen LogP contribution is 2.32. The smallest absolute Gasteiger partial charge is 0.416 e. The number of piperazine rings is 1. The first-order valence-corrected chi connectivity index (χ1v) is 11.6. The van der Waals surface area contributed by atoms with E-state index in [4.69, 9.17) is 4.99 Å². The monoisotopic (exact) mass is 496 g/mol. The van der Waals surface area contributed by atoms with Crippen molar-refractivity contribution in [2.45, 2.75) is 19.6 Å². The Labute approximate surface area is 207 Å². The molecule has 3 aromatic carbocycles. The largest absolute Gasteiger partial charge is 0.478 e. The van der Waals surface area contributed by atoms with Crippen LogP contribution in [0.1, 0.15) is 27.0 Å². The van der Waals surface area contributed by atoms with Crippen LogP contribution in [0, 0.1) is 6.92 Å². The fourth-order valence-electron chi connectivity index (χ4n) is 3.99. The van der Waals surface area contributed by atoms with Crippen LogP contribution >= 0.6 is 0 Å². The van der Waals surface area contributed by atoms with Crippen molar-refractivity contribution in [3.63, 3.8) is 0 Å². The Hall–Kier alpha value is -4.01. The van der Waals surface area contributed by atoms with Gasteiger partial charge in [0, 0.05) is 37.6 Å². The number of nitrogens with zero attached hydrogens (tertiary/aromatic N) is 3. The zero-order chi connectivity index (χ0) is 25.7. The molecule has 3 aromatic rings. The van der Waals surface area contributed by atoms with Gasteiger partial charge in [-0.3, -0.25) is 0 Å². The Bertz CT molecular complexity index is 1230. The molecule has 1 aliphatic heterocycles. The third kappa shape index (κ3) is 6.35. The van der Waals surface area contributed by atoms with Crippen molar-refractivity contribution in [2.75, 3.05) is 36.4 Å². The number of aromatic carboxylic acids is 1. The van der Waals surface area contributed by atoms with Gasteiger partial charge in [0.15, 0.2) is 5.96 Å². The number of rotatable bonds is 5. The molecule has 1 aliphatic rings. The number of aryl methyl sites for hydroxylation is 1. The Morgan fingerprint density at radius 2 is 1.67 bits per heavy atom. The molecule has 0 radical (unpaired) electrons. The minimum Gasteiger partial charge on any atom is -0.478 e. The molecule has 4 rings (SSSR count). The third-order valence-electron chi connectivity index (χ3n) is 6.02. The van der Waals surface area contributed by atoms with Gasteiger partial charge in [0.1, 0.15) is 0 Å². The van der Waals surface area contributed by atoms with E-state index >= 15 is 0 Å². The molecule has 0 aromatic heterocycles. The molecule has 1 fully saturated rings. The highest BCUT2D eigenvalue weighted by atomic mass is 19.4. The maximum absolute atomic E-state index is 13.1. The number of carboxylic acid groups (broad SMARTS) is 1. The van der Waals surface area contributed by atoms with Gasteiger partial charge in [-0.05, 0) is 48.9 Å². The molecule has 36 heavy (non-hydrogen) atoms. The van der Waals surface area contributed by atoms with Gasteiger partial charge in [-0.25, -0.2) is 9.79 Å². The lowest BCUT2D eigenvalue weighted by atomic mass is 10.1. The molecule has 188 valence electrons. The molecular formula is C27H27F3N4O2. The highest BCUT2D eigenvalue weighted by molar-refractivity contribution is 5.96. The van der Waals surface area contributed by atoms with Crippen LogP contribution in [-0.2, 0) is 12.7 Å². The summed E-state index contributed by atoms with van der Waals surface area (Å²) in [6, 6.07) is 19.9. The third-order valence-corrected chi connectivity index (χ3v) is 6.02. The molecule has 1 saturated heterocycles. The van der Waals surface area contributed by atoms with Crippen molar-refractivity contribution in [1.82, 2.24) is 4.90 Å². The van der Waals surface area contributed by atoms with Gasteiger partial charge < -0.3 is 20.2 Å². The van der Waals surface area contributed by atoms with Gasteiger partial charge in [0.25, 0.3) is 0 Å². The summed E-state index contributed by atoms with van der Waals surface area (Å²) < 4.78 is 39.4. The van der Waals surface area contributed by atoms with Gasteiger partial charge in [-0.2, -0.15) is 13.2 Å². The van der Waals surface area contributed by atoms with E-state index in [0.717, 1.165) is 17.2 Å². The molecule has 0 spiro atoms. The first-order valence-electron chi connectivity index (χ1n) is 11.6. The lowest BCUT2D eigenvalue weighted by Crippen LogP contribution is -2.50. The number of hydrogen-bond acceptors (Lipinski definition) is 3. The number of aliphatic imine (C=N–C) groups is 1. The predicted molar refractivity (Wildman–Crippen MR) is 135 cm³/mol.